The maximum absolute atomic E-state index is 12.0. The molecule has 6 heteroatoms. The maximum atomic E-state index is 12.0. The molecule has 0 spiro atoms. The summed E-state index contributed by atoms with van der Waals surface area (Å²) in [6, 6.07) is 5.20. The Labute approximate surface area is 126 Å². The predicted octanol–water partition coefficient (Wildman–Crippen LogP) is 3.37. The first-order chi connectivity index (χ1) is 9.38. The van der Waals surface area contributed by atoms with Gasteiger partial charge in [-0.15, -0.1) is 0 Å². The van der Waals surface area contributed by atoms with Crippen molar-refractivity contribution in [3.63, 3.8) is 0 Å². The fourth-order valence-electron chi connectivity index (χ4n) is 2.04. The van der Waals surface area contributed by atoms with Crippen molar-refractivity contribution >= 4 is 29.0 Å². The maximum Gasteiger partial charge on any atom is 0.256 e. The van der Waals surface area contributed by atoms with Crippen molar-refractivity contribution in [2.24, 2.45) is 0 Å². The molecule has 0 bridgehead atoms. The zero-order valence-electron chi connectivity index (χ0n) is 11.2. The van der Waals surface area contributed by atoms with Gasteiger partial charge in [-0.05, 0) is 23.6 Å². The van der Waals surface area contributed by atoms with Crippen LogP contribution in [0.2, 0.25) is 10.0 Å². The molecule has 4 nitrogen and oxygen atoms in total. The number of aromatic amines is 1. The van der Waals surface area contributed by atoms with Crippen LogP contribution in [0.4, 0.5) is 5.82 Å². The SMILES string of the molecule is CC(C)c1c(N)nc(Cc2ccc(Cl)cc2Cl)[nH]c1=O. The monoisotopic (exact) mass is 311 g/mol. The fourth-order valence-corrected chi connectivity index (χ4v) is 2.51. The molecule has 20 heavy (non-hydrogen) atoms. The topological polar surface area (TPSA) is 71.8 Å². The summed E-state index contributed by atoms with van der Waals surface area (Å²) in [5.41, 5.74) is 6.99. The molecule has 1 aromatic heterocycles. The van der Waals surface area contributed by atoms with Crippen LogP contribution in [-0.4, -0.2) is 9.97 Å². The molecule has 0 fully saturated rings. The molecule has 0 saturated heterocycles. The second kappa shape index (κ2) is 5.85. The second-order valence-electron chi connectivity index (χ2n) is 4.88. The standard InChI is InChI=1S/C14H15Cl2N3O/c1-7(2)12-13(17)18-11(19-14(12)20)5-8-3-4-9(15)6-10(8)16/h3-4,6-7H,5H2,1-2H3,(H3,17,18,19,20). The van der Waals surface area contributed by atoms with Crippen LogP contribution in [0.25, 0.3) is 0 Å². The van der Waals surface area contributed by atoms with Gasteiger partial charge in [0.1, 0.15) is 11.6 Å². The fraction of sp³-hybridized carbons (Fsp3) is 0.286. The number of anilines is 1. The van der Waals surface area contributed by atoms with E-state index in [4.69, 9.17) is 28.9 Å². The van der Waals surface area contributed by atoms with Gasteiger partial charge in [-0.1, -0.05) is 43.1 Å². The molecule has 106 valence electrons. The molecular weight excluding hydrogens is 297 g/mol. The van der Waals surface area contributed by atoms with Crippen LogP contribution in [0, 0.1) is 0 Å². The van der Waals surface area contributed by atoms with Gasteiger partial charge in [0, 0.05) is 16.5 Å². The van der Waals surface area contributed by atoms with Crippen LogP contribution in [-0.2, 0) is 6.42 Å². The van der Waals surface area contributed by atoms with Crippen molar-refractivity contribution < 1.29 is 0 Å². The van der Waals surface area contributed by atoms with Gasteiger partial charge in [0.2, 0.25) is 0 Å². The van der Waals surface area contributed by atoms with Gasteiger partial charge >= 0.3 is 0 Å². The first kappa shape index (κ1) is 14.9. The number of hydrogen-bond acceptors (Lipinski definition) is 3. The average molecular weight is 312 g/mol. The Bertz CT molecular complexity index is 695. The second-order valence-corrected chi connectivity index (χ2v) is 5.72. The van der Waals surface area contributed by atoms with E-state index in [2.05, 4.69) is 9.97 Å². The summed E-state index contributed by atoms with van der Waals surface area (Å²) >= 11 is 12.0. The van der Waals surface area contributed by atoms with Gasteiger partial charge in [0.25, 0.3) is 5.56 Å². The lowest BCUT2D eigenvalue weighted by Gasteiger charge is -2.10. The van der Waals surface area contributed by atoms with Gasteiger partial charge in [0.05, 0.1) is 5.56 Å². The number of benzene rings is 1. The summed E-state index contributed by atoms with van der Waals surface area (Å²) in [7, 11) is 0. The normalized spacial score (nSPS) is 11.1. The lowest BCUT2D eigenvalue weighted by molar-refractivity contribution is 0.818. The minimum absolute atomic E-state index is 0.0272. The number of H-pyrrole nitrogens is 1. The summed E-state index contributed by atoms with van der Waals surface area (Å²) in [6.07, 6.45) is 0.397. The van der Waals surface area contributed by atoms with Crippen LogP contribution < -0.4 is 11.3 Å². The largest absolute Gasteiger partial charge is 0.383 e. The van der Waals surface area contributed by atoms with Crippen LogP contribution in [0.3, 0.4) is 0 Å². The Morgan fingerprint density at radius 1 is 1.35 bits per heavy atom. The molecule has 2 rings (SSSR count). The van der Waals surface area contributed by atoms with E-state index in [0.29, 0.717) is 27.9 Å². The van der Waals surface area contributed by atoms with E-state index in [9.17, 15) is 4.79 Å². The molecule has 0 aliphatic rings. The Morgan fingerprint density at radius 3 is 2.60 bits per heavy atom. The quantitative estimate of drug-likeness (QED) is 0.912. The van der Waals surface area contributed by atoms with Crippen molar-refractivity contribution in [1.29, 1.82) is 0 Å². The highest BCUT2D eigenvalue weighted by atomic mass is 35.5. The zero-order valence-corrected chi connectivity index (χ0v) is 12.7. The molecule has 0 radical (unpaired) electrons. The Hall–Kier alpha value is -1.52. The van der Waals surface area contributed by atoms with Gasteiger partial charge in [-0.25, -0.2) is 4.98 Å². The van der Waals surface area contributed by atoms with E-state index >= 15 is 0 Å². The molecular formula is C14H15Cl2N3O. The molecule has 0 aliphatic heterocycles. The van der Waals surface area contributed by atoms with Crippen molar-refractivity contribution in [3.8, 4) is 0 Å². The number of nitrogens with zero attached hydrogens (tertiary/aromatic N) is 1. The smallest absolute Gasteiger partial charge is 0.256 e. The van der Waals surface area contributed by atoms with E-state index in [1.54, 1.807) is 18.2 Å². The van der Waals surface area contributed by atoms with Crippen molar-refractivity contribution in [1.82, 2.24) is 9.97 Å². The molecule has 0 saturated carbocycles. The lowest BCUT2D eigenvalue weighted by atomic mass is 10.1. The molecule has 0 unspecified atom stereocenters. The minimum Gasteiger partial charge on any atom is -0.383 e. The van der Waals surface area contributed by atoms with Gasteiger partial charge in [0.15, 0.2) is 0 Å². The summed E-state index contributed by atoms with van der Waals surface area (Å²) in [4.78, 5) is 19.0. The number of nitrogens with two attached hydrogens (primary N) is 1. The van der Waals surface area contributed by atoms with Crippen LogP contribution in [0.5, 0.6) is 0 Å². The summed E-state index contributed by atoms with van der Waals surface area (Å²) < 4.78 is 0. The molecule has 0 aliphatic carbocycles. The van der Waals surface area contributed by atoms with E-state index in [-0.39, 0.29) is 17.3 Å². The summed E-state index contributed by atoms with van der Waals surface area (Å²) in [5, 5.41) is 1.10. The Morgan fingerprint density at radius 2 is 2.05 bits per heavy atom. The molecule has 1 heterocycles. The molecule has 1 aromatic carbocycles. The molecule has 0 amide bonds. The number of nitrogens with one attached hydrogen (secondary N) is 1. The summed E-state index contributed by atoms with van der Waals surface area (Å²) in [6.45, 7) is 3.80. The third-order valence-electron chi connectivity index (χ3n) is 2.98. The number of hydrogen-bond donors (Lipinski definition) is 2. The Balaban J connectivity index is 2.38. The number of aromatic nitrogens is 2. The van der Waals surface area contributed by atoms with Crippen molar-refractivity contribution in [3.05, 3.63) is 55.5 Å². The number of nitrogen functional groups attached to an aromatic ring is 1. The van der Waals surface area contributed by atoms with E-state index in [0.717, 1.165) is 5.56 Å². The molecule has 2 aromatic rings. The Kier molecular flexibility index (Phi) is 4.35. The molecule has 3 N–H and O–H groups in total. The van der Waals surface area contributed by atoms with E-state index in [1.807, 2.05) is 13.8 Å². The first-order valence-electron chi connectivity index (χ1n) is 6.21. The van der Waals surface area contributed by atoms with Crippen molar-refractivity contribution in [2.75, 3.05) is 5.73 Å². The van der Waals surface area contributed by atoms with Crippen LogP contribution in [0.15, 0.2) is 23.0 Å². The number of rotatable bonds is 3. The lowest BCUT2D eigenvalue weighted by Crippen LogP contribution is -2.21. The van der Waals surface area contributed by atoms with Gasteiger partial charge in [-0.2, -0.15) is 0 Å². The van der Waals surface area contributed by atoms with Gasteiger partial charge in [-0.3, -0.25) is 4.79 Å². The zero-order chi connectivity index (χ0) is 14.9. The first-order valence-corrected chi connectivity index (χ1v) is 6.96. The molecule has 0 atom stereocenters. The minimum atomic E-state index is -0.201. The third kappa shape index (κ3) is 3.14. The predicted molar refractivity (Wildman–Crippen MR) is 82.6 cm³/mol. The highest BCUT2D eigenvalue weighted by molar-refractivity contribution is 6.35. The van der Waals surface area contributed by atoms with E-state index < -0.39 is 0 Å². The average Bonchev–Trinajstić information content (AvgIpc) is 2.31. The van der Waals surface area contributed by atoms with Crippen LogP contribution in [0.1, 0.15) is 36.7 Å². The van der Waals surface area contributed by atoms with Crippen molar-refractivity contribution in [2.45, 2.75) is 26.2 Å². The summed E-state index contributed by atoms with van der Waals surface area (Å²) in [5.74, 6) is 0.782. The number of halogens is 2. The highest BCUT2D eigenvalue weighted by Crippen LogP contribution is 2.23. The van der Waals surface area contributed by atoms with Gasteiger partial charge < -0.3 is 10.7 Å². The van der Waals surface area contributed by atoms with E-state index in [1.165, 1.54) is 0 Å². The highest BCUT2D eigenvalue weighted by Gasteiger charge is 2.13. The third-order valence-corrected chi connectivity index (χ3v) is 3.57. The van der Waals surface area contributed by atoms with Crippen LogP contribution >= 0.6 is 23.2 Å².